The van der Waals surface area contributed by atoms with Gasteiger partial charge in [-0.05, 0) is 24.3 Å². The number of hydrogen-bond donors (Lipinski definition) is 2. The van der Waals surface area contributed by atoms with Gasteiger partial charge < -0.3 is 10.6 Å². The maximum absolute atomic E-state index is 11.7. The lowest BCUT2D eigenvalue weighted by Gasteiger charge is -2.11. The minimum absolute atomic E-state index is 0.176. The second kappa shape index (κ2) is 6.79. The van der Waals surface area contributed by atoms with Crippen molar-refractivity contribution < 1.29 is 4.79 Å². The first-order valence-electron chi connectivity index (χ1n) is 5.65. The van der Waals surface area contributed by atoms with Gasteiger partial charge in [0.15, 0.2) is 0 Å². The number of halogens is 3. The van der Waals surface area contributed by atoms with Gasteiger partial charge in [-0.2, -0.15) is 0 Å². The Morgan fingerprint density at radius 2 is 1.70 bits per heavy atom. The van der Waals surface area contributed by atoms with Crippen LogP contribution in [0.2, 0.25) is 15.1 Å². The third kappa shape index (κ3) is 3.76. The fourth-order valence-electron chi connectivity index (χ4n) is 1.51. The molecule has 2 rings (SSSR count). The van der Waals surface area contributed by atoms with Crippen molar-refractivity contribution in [1.29, 1.82) is 0 Å². The summed E-state index contributed by atoms with van der Waals surface area (Å²) in [4.78, 5) is 15.6. The van der Waals surface area contributed by atoms with Crippen LogP contribution in [-0.2, 0) is 6.54 Å². The van der Waals surface area contributed by atoms with Gasteiger partial charge in [0.05, 0.1) is 10.0 Å². The summed E-state index contributed by atoms with van der Waals surface area (Å²) in [6.45, 7) is 0.176. The molecule has 0 atom stereocenters. The van der Waals surface area contributed by atoms with Crippen molar-refractivity contribution in [3.8, 4) is 0 Å². The summed E-state index contributed by atoms with van der Waals surface area (Å²) in [5, 5.41) is 6.49. The Kier molecular flexibility index (Phi) is 5.06. The molecule has 0 saturated carbocycles. The van der Waals surface area contributed by atoms with Crippen molar-refractivity contribution in [3.63, 3.8) is 0 Å². The second-order valence-electron chi connectivity index (χ2n) is 3.87. The van der Waals surface area contributed by atoms with E-state index < -0.39 is 0 Å². The van der Waals surface area contributed by atoms with Gasteiger partial charge in [-0.1, -0.05) is 34.8 Å². The van der Waals surface area contributed by atoms with Crippen LogP contribution >= 0.6 is 34.8 Å². The predicted octanol–water partition coefficient (Wildman–Crippen LogP) is 4.36. The quantitative estimate of drug-likeness (QED) is 0.821. The molecule has 0 aliphatic rings. The number of aromatic nitrogens is 1. The third-order valence-electron chi connectivity index (χ3n) is 2.50. The van der Waals surface area contributed by atoms with Gasteiger partial charge in [-0.3, -0.25) is 4.98 Å². The molecule has 0 bridgehead atoms. The number of rotatable bonds is 3. The van der Waals surface area contributed by atoms with E-state index in [1.165, 1.54) is 0 Å². The molecule has 20 heavy (non-hydrogen) atoms. The van der Waals surface area contributed by atoms with Crippen molar-refractivity contribution in [2.45, 2.75) is 6.54 Å². The van der Waals surface area contributed by atoms with Gasteiger partial charge in [-0.25, -0.2) is 4.79 Å². The van der Waals surface area contributed by atoms with Crippen molar-refractivity contribution in [1.82, 2.24) is 10.3 Å². The number of carbonyl (C=O) groups is 1. The molecule has 2 aromatic rings. The van der Waals surface area contributed by atoms with Crippen LogP contribution in [0.15, 0.2) is 36.7 Å². The lowest BCUT2D eigenvalue weighted by atomic mass is 10.2. The summed E-state index contributed by atoms with van der Waals surface area (Å²) in [5.41, 5.74) is 1.21. The van der Waals surface area contributed by atoms with E-state index in [9.17, 15) is 4.79 Å². The second-order valence-corrected chi connectivity index (χ2v) is 5.06. The molecule has 0 fully saturated rings. The molecule has 4 nitrogen and oxygen atoms in total. The number of nitrogens with zero attached hydrogens (tertiary/aromatic N) is 1. The molecule has 7 heteroatoms. The lowest BCUT2D eigenvalue weighted by molar-refractivity contribution is 0.252. The average molecular weight is 331 g/mol. The highest BCUT2D eigenvalue weighted by Crippen LogP contribution is 2.31. The predicted molar refractivity (Wildman–Crippen MR) is 81.6 cm³/mol. The topological polar surface area (TPSA) is 54.0 Å². The fraction of sp³-hybridized carbons (Fsp3) is 0.0769. The molecular weight excluding hydrogens is 321 g/mol. The number of pyridine rings is 1. The number of hydrogen-bond acceptors (Lipinski definition) is 2. The van der Waals surface area contributed by atoms with Crippen LogP contribution in [0.1, 0.15) is 5.56 Å². The number of nitrogens with one attached hydrogen (secondary N) is 2. The Morgan fingerprint density at radius 1 is 1.05 bits per heavy atom. The molecule has 0 aliphatic heterocycles. The van der Waals surface area contributed by atoms with E-state index in [4.69, 9.17) is 34.8 Å². The molecule has 1 aromatic heterocycles. The van der Waals surface area contributed by atoms with Gasteiger partial charge in [0.2, 0.25) is 0 Å². The molecule has 1 aromatic carbocycles. The summed E-state index contributed by atoms with van der Waals surface area (Å²) in [6, 6.07) is 6.22. The minimum Gasteiger partial charge on any atom is -0.334 e. The smallest absolute Gasteiger partial charge is 0.319 e. The van der Waals surface area contributed by atoms with Gasteiger partial charge >= 0.3 is 6.03 Å². The molecule has 104 valence electrons. The zero-order chi connectivity index (χ0) is 14.5. The largest absolute Gasteiger partial charge is 0.334 e. The third-order valence-corrected chi connectivity index (χ3v) is 3.70. The Bertz CT molecular complexity index is 620. The Hall–Kier alpha value is -1.49. The maximum atomic E-state index is 11.7. The summed E-state index contributed by atoms with van der Waals surface area (Å²) in [5.74, 6) is 0. The highest BCUT2D eigenvalue weighted by Gasteiger charge is 2.10. The van der Waals surface area contributed by atoms with E-state index in [0.29, 0.717) is 26.3 Å². The van der Waals surface area contributed by atoms with E-state index in [-0.39, 0.29) is 12.6 Å². The Morgan fingerprint density at radius 3 is 2.40 bits per heavy atom. The normalized spacial score (nSPS) is 10.2. The van der Waals surface area contributed by atoms with E-state index in [1.807, 2.05) is 0 Å². The molecule has 2 amide bonds. The van der Waals surface area contributed by atoms with E-state index in [2.05, 4.69) is 15.6 Å². The standard InChI is InChI=1S/C13H10Cl3N3O/c14-10-1-2-11(15)12(16)9(10)7-18-13(20)19-8-3-5-17-6-4-8/h1-6H,7H2,(H2,17,18,19,20). The van der Waals surface area contributed by atoms with Crippen LogP contribution in [0.4, 0.5) is 10.5 Å². The van der Waals surface area contributed by atoms with E-state index in [1.54, 1.807) is 36.7 Å². The van der Waals surface area contributed by atoms with Gasteiger partial charge in [0.1, 0.15) is 0 Å². The number of urea groups is 1. The number of carbonyl (C=O) groups excluding carboxylic acids is 1. The van der Waals surface area contributed by atoms with Crippen molar-refractivity contribution in [2.75, 3.05) is 5.32 Å². The fourth-order valence-corrected chi connectivity index (χ4v) is 2.19. The Labute approximate surface area is 131 Å². The first-order valence-corrected chi connectivity index (χ1v) is 6.78. The lowest BCUT2D eigenvalue weighted by Crippen LogP contribution is -2.28. The first-order chi connectivity index (χ1) is 9.58. The first kappa shape index (κ1) is 14.9. The summed E-state index contributed by atoms with van der Waals surface area (Å²) >= 11 is 18.0. The molecule has 0 aliphatic carbocycles. The molecule has 0 unspecified atom stereocenters. The molecule has 2 N–H and O–H groups in total. The summed E-state index contributed by atoms with van der Waals surface area (Å²) < 4.78 is 0. The highest BCUT2D eigenvalue weighted by atomic mass is 35.5. The van der Waals surface area contributed by atoms with Crippen LogP contribution in [0.5, 0.6) is 0 Å². The zero-order valence-electron chi connectivity index (χ0n) is 10.2. The van der Waals surface area contributed by atoms with E-state index in [0.717, 1.165) is 0 Å². The zero-order valence-corrected chi connectivity index (χ0v) is 12.4. The van der Waals surface area contributed by atoms with Gasteiger partial charge in [0.25, 0.3) is 0 Å². The van der Waals surface area contributed by atoms with Crippen LogP contribution in [0, 0.1) is 0 Å². The van der Waals surface area contributed by atoms with Crippen molar-refractivity contribution >= 4 is 46.5 Å². The van der Waals surface area contributed by atoms with Crippen LogP contribution in [0.3, 0.4) is 0 Å². The number of benzene rings is 1. The average Bonchev–Trinajstić information content (AvgIpc) is 2.44. The van der Waals surface area contributed by atoms with E-state index >= 15 is 0 Å². The van der Waals surface area contributed by atoms with Crippen LogP contribution < -0.4 is 10.6 Å². The van der Waals surface area contributed by atoms with Crippen LogP contribution in [0.25, 0.3) is 0 Å². The molecule has 1 heterocycles. The molecular formula is C13H10Cl3N3O. The summed E-state index contributed by atoms with van der Waals surface area (Å²) in [6.07, 6.45) is 3.17. The highest BCUT2D eigenvalue weighted by molar-refractivity contribution is 6.44. The number of amides is 2. The molecule has 0 saturated heterocycles. The molecule has 0 spiro atoms. The minimum atomic E-state index is -0.372. The summed E-state index contributed by atoms with van der Waals surface area (Å²) in [7, 11) is 0. The number of anilines is 1. The van der Waals surface area contributed by atoms with Gasteiger partial charge in [-0.15, -0.1) is 0 Å². The van der Waals surface area contributed by atoms with Crippen LogP contribution in [-0.4, -0.2) is 11.0 Å². The van der Waals surface area contributed by atoms with Gasteiger partial charge in [0, 0.05) is 35.2 Å². The van der Waals surface area contributed by atoms with Crippen molar-refractivity contribution in [2.24, 2.45) is 0 Å². The molecule has 0 radical (unpaired) electrons. The monoisotopic (exact) mass is 329 g/mol. The Balaban J connectivity index is 1.99. The maximum Gasteiger partial charge on any atom is 0.319 e. The SMILES string of the molecule is O=C(NCc1c(Cl)ccc(Cl)c1Cl)Nc1ccncc1. The van der Waals surface area contributed by atoms with Crippen molar-refractivity contribution in [3.05, 3.63) is 57.3 Å².